The van der Waals surface area contributed by atoms with Crippen molar-refractivity contribution in [3.05, 3.63) is 43.2 Å². The number of ketones is 2. The zero-order valence-electron chi connectivity index (χ0n) is 21.9. The minimum atomic E-state index is -2.62. The van der Waals surface area contributed by atoms with Crippen molar-refractivity contribution in [1.29, 1.82) is 0 Å². The molecule has 0 radical (unpaired) electrons. The topological polar surface area (TPSA) is 161 Å². The second kappa shape index (κ2) is 10.4. The third-order valence-corrected chi connectivity index (χ3v) is 11.2. The first-order chi connectivity index (χ1) is 18.4. The molecule has 1 amide bonds. The van der Waals surface area contributed by atoms with Crippen LogP contribution in [0, 0.1) is 15.4 Å². The summed E-state index contributed by atoms with van der Waals surface area (Å²) in [6.07, 6.45) is 6.31. The summed E-state index contributed by atoms with van der Waals surface area (Å²) in [5.74, 6) is -5.68. The normalized spacial score (nSPS) is 29.4. The van der Waals surface area contributed by atoms with Crippen LogP contribution in [0.5, 0.6) is 5.75 Å². The van der Waals surface area contributed by atoms with Crippen LogP contribution in [0.25, 0.3) is 5.76 Å². The van der Waals surface area contributed by atoms with Crippen molar-refractivity contribution in [2.45, 2.75) is 67.6 Å². The van der Waals surface area contributed by atoms with Gasteiger partial charge in [0.25, 0.3) is 5.91 Å². The maximum atomic E-state index is 14.0. The molecule has 2 saturated carbocycles. The van der Waals surface area contributed by atoms with Gasteiger partial charge < -0.3 is 26.2 Å². The number of fused-ring (bicyclic) bond motifs is 3. The summed E-state index contributed by atoms with van der Waals surface area (Å²) in [5, 5.41) is 46.0. The highest BCUT2D eigenvalue weighted by molar-refractivity contribution is 14.1. The number of benzene rings is 1. The van der Waals surface area contributed by atoms with Crippen molar-refractivity contribution in [1.82, 2.24) is 4.90 Å². The number of nitrogens with two attached hydrogens (primary N) is 1. The van der Waals surface area contributed by atoms with Crippen molar-refractivity contribution < 1.29 is 34.8 Å². The van der Waals surface area contributed by atoms with E-state index in [0.717, 1.165) is 16.4 Å². The Hall–Kier alpha value is -2.09. The number of aromatic hydroxyl groups is 1. The molecule has 0 bridgehead atoms. The molecule has 4 atom stereocenters. The minimum Gasteiger partial charge on any atom is -0.508 e. The highest BCUT2D eigenvalue weighted by Crippen LogP contribution is 2.53. The maximum absolute atomic E-state index is 14.0. The standard InChI is InChI=1S/C28H33IN2O7S/c1-31(2)21-16-9-12-8-15-17(29)10-13(11-39-14-6-4-3-5-7-14)22(32)19(15)23(33)18(12)25(35)28(16,38)26(36)20(24(21)34)27(30)37/h10,12,14,16,21,32-33,36,38H,3-9,11H2,1-2H3,(H2,30,37)/t12-,16-,21?,28-/m0/s1. The van der Waals surface area contributed by atoms with Gasteiger partial charge in [0.2, 0.25) is 5.78 Å². The van der Waals surface area contributed by atoms with Gasteiger partial charge in [-0.15, -0.1) is 0 Å². The van der Waals surface area contributed by atoms with E-state index in [4.69, 9.17) is 5.73 Å². The number of thioether (sulfide) groups is 1. The van der Waals surface area contributed by atoms with Crippen LogP contribution in [0.4, 0.5) is 0 Å². The zero-order valence-corrected chi connectivity index (χ0v) is 24.8. The Morgan fingerprint density at radius 3 is 2.46 bits per heavy atom. The molecule has 2 fully saturated rings. The number of likely N-dealkylation sites (N-methyl/N-ethyl adjacent to an activating group) is 1. The largest absolute Gasteiger partial charge is 0.508 e. The highest BCUT2D eigenvalue weighted by Gasteiger charge is 2.64. The van der Waals surface area contributed by atoms with Crippen molar-refractivity contribution >= 4 is 57.6 Å². The number of aliphatic hydroxyl groups excluding tert-OH is 2. The zero-order chi connectivity index (χ0) is 28.4. The summed E-state index contributed by atoms with van der Waals surface area (Å²) in [6, 6.07) is 0.832. The third kappa shape index (κ3) is 4.40. The van der Waals surface area contributed by atoms with E-state index in [-0.39, 0.29) is 23.3 Å². The van der Waals surface area contributed by atoms with E-state index >= 15 is 0 Å². The van der Waals surface area contributed by atoms with E-state index in [2.05, 4.69) is 22.6 Å². The van der Waals surface area contributed by atoms with Crippen LogP contribution in [-0.2, 0) is 26.6 Å². The summed E-state index contributed by atoms with van der Waals surface area (Å²) in [6.45, 7) is 0. The molecule has 1 aromatic carbocycles. The second-order valence-corrected chi connectivity index (χ2v) is 13.7. The Morgan fingerprint density at radius 1 is 1.18 bits per heavy atom. The lowest BCUT2D eigenvalue weighted by molar-refractivity contribution is -0.153. The average Bonchev–Trinajstić information content (AvgIpc) is 2.87. The van der Waals surface area contributed by atoms with Gasteiger partial charge in [0, 0.05) is 31.6 Å². The van der Waals surface area contributed by atoms with Crippen molar-refractivity contribution in [2.75, 3.05) is 14.1 Å². The molecular weight excluding hydrogens is 635 g/mol. The van der Waals surface area contributed by atoms with Gasteiger partial charge in [-0.05, 0) is 79.9 Å². The number of hydrogen-bond donors (Lipinski definition) is 5. The summed E-state index contributed by atoms with van der Waals surface area (Å²) in [4.78, 5) is 40.8. The number of Topliss-reactive ketones (excluding diaryl/α,β-unsaturated/α-hetero) is 2. The Bertz CT molecular complexity index is 1330. The number of primary amides is 1. The fourth-order valence-corrected chi connectivity index (χ4v) is 9.04. The molecule has 0 aliphatic heterocycles. The van der Waals surface area contributed by atoms with Gasteiger partial charge in [-0.3, -0.25) is 19.3 Å². The monoisotopic (exact) mass is 668 g/mol. The molecular formula is C28H33IN2O7S. The number of carbonyl (C=O) groups is 3. The third-order valence-electron chi connectivity index (χ3n) is 8.77. The molecule has 0 saturated heterocycles. The first-order valence-corrected chi connectivity index (χ1v) is 15.3. The van der Waals surface area contributed by atoms with Crippen LogP contribution in [-0.4, -0.2) is 73.8 Å². The van der Waals surface area contributed by atoms with Crippen LogP contribution in [0.1, 0.15) is 55.2 Å². The van der Waals surface area contributed by atoms with E-state index < -0.39 is 58.0 Å². The molecule has 11 heteroatoms. The number of aliphatic hydroxyl groups is 3. The second-order valence-electron chi connectivity index (χ2n) is 11.3. The minimum absolute atomic E-state index is 0.0852. The van der Waals surface area contributed by atoms with E-state index in [1.807, 2.05) is 6.07 Å². The smallest absolute Gasteiger partial charge is 0.255 e. The van der Waals surface area contributed by atoms with Crippen LogP contribution in [0.3, 0.4) is 0 Å². The molecule has 39 heavy (non-hydrogen) atoms. The van der Waals surface area contributed by atoms with Gasteiger partial charge in [-0.2, -0.15) is 11.8 Å². The molecule has 4 aliphatic carbocycles. The molecule has 1 unspecified atom stereocenters. The molecule has 0 aromatic heterocycles. The molecule has 210 valence electrons. The van der Waals surface area contributed by atoms with Gasteiger partial charge in [-0.25, -0.2) is 0 Å². The predicted octanol–water partition coefficient (Wildman–Crippen LogP) is 3.13. The van der Waals surface area contributed by atoms with Gasteiger partial charge in [0.05, 0.1) is 11.6 Å². The predicted molar refractivity (Wildman–Crippen MR) is 155 cm³/mol. The SMILES string of the molecule is CN(C)C1C(=O)C(C(N)=O)=C(O)[C@@]2(O)C(=O)C3=C(O)c4c(O)c(CSC5CCCCC5)cc(I)c4C[C@H]3C[C@@H]12. The highest BCUT2D eigenvalue weighted by atomic mass is 127. The molecule has 0 spiro atoms. The summed E-state index contributed by atoms with van der Waals surface area (Å²) >= 11 is 3.96. The van der Waals surface area contributed by atoms with Gasteiger partial charge in [-0.1, -0.05) is 19.3 Å². The number of amides is 1. The lowest BCUT2D eigenvalue weighted by Crippen LogP contribution is -2.65. The van der Waals surface area contributed by atoms with Crippen molar-refractivity contribution in [3.63, 3.8) is 0 Å². The molecule has 5 rings (SSSR count). The molecule has 9 nitrogen and oxygen atoms in total. The fraction of sp³-hybridized carbons (Fsp3) is 0.536. The first-order valence-electron chi connectivity index (χ1n) is 13.2. The van der Waals surface area contributed by atoms with Crippen LogP contribution < -0.4 is 5.73 Å². The van der Waals surface area contributed by atoms with Gasteiger partial charge >= 0.3 is 0 Å². The van der Waals surface area contributed by atoms with Crippen LogP contribution >= 0.6 is 34.4 Å². The number of phenolic OH excluding ortho intramolecular Hbond substituents is 1. The number of hydrogen-bond acceptors (Lipinski definition) is 9. The Morgan fingerprint density at radius 2 is 1.85 bits per heavy atom. The first kappa shape index (κ1) is 28.4. The molecule has 1 aromatic rings. The fourth-order valence-electron chi connectivity index (χ4n) is 6.87. The molecule has 4 aliphatic rings. The van der Waals surface area contributed by atoms with Crippen LogP contribution in [0.15, 0.2) is 23.0 Å². The summed E-state index contributed by atoms with van der Waals surface area (Å²) < 4.78 is 0.848. The number of rotatable bonds is 5. The summed E-state index contributed by atoms with van der Waals surface area (Å²) in [7, 11) is 3.17. The van der Waals surface area contributed by atoms with E-state index in [1.54, 1.807) is 25.9 Å². The van der Waals surface area contributed by atoms with Crippen molar-refractivity contribution in [2.24, 2.45) is 17.6 Å². The number of halogens is 1. The van der Waals surface area contributed by atoms with Crippen molar-refractivity contribution in [3.8, 4) is 5.75 Å². The van der Waals surface area contributed by atoms with E-state index in [9.17, 15) is 34.8 Å². The summed E-state index contributed by atoms with van der Waals surface area (Å²) in [5.41, 5.74) is 3.35. The maximum Gasteiger partial charge on any atom is 0.255 e. The van der Waals surface area contributed by atoms with E-state index in [1.165, 1.54) is 24.2 Å². The Kier molecular flexibility index (Phi) is 7.57. The van der Waals surface area contributed by atoms with Gasteiger partial charge in [0.15, 0.2) is 11.4 Å². The lowest BCUT2D eigenvalue weighted by Gasteiger charge is -2.50. The Balaban J connectivity index is 1.60. The number of carbonyl (C=O) groups excluding carboxylic acids is 3. The van der Waals surface area contributed by atoms with E-state index in [0.29, 0.717) is 28.6 Å². The average molecular weight is 669 g/mol. The lowest BCUT2D eigenvalue weighted by atomic mass is 9.57. The Labute approximate surface area is 244 Å². The van der Waals surface area contributed by atoms with Gasteiger partial charge in [0.1, 0.15) is 22.8 Å². The number of nitrogens with zero attached hydrogens (tertiary/aromatic N) is 1. The number of phenols is 1. The molecule has 0 heterocycles. The van der Waals surface area contributed by atoms with Crippen LogP contribution in [0.2, 0.25) is 0 Å². The molecule has 6 N–H and O–H groups in total. The quantitative estimate of drug-likeness (QED) is 0.235.